The summed E-state index contributed by atoms with van der Waals surface area (Å²) in [5.74, 6) is -1.69. The fourth-order valence-electron chi connectivity index (χ4n) is 2.05. The fourth-order valence-corrected chi connectivity index (χ4v) is 2.05. The van der Waals surface area contributed by atoms with Crippen molar-refractivity contribution in [1.29, 1.82) is 0 Å². The van der Waals surface area contributed by atoms with E-state index in [0.29, 0.717) is 0 Å². The summed E-state index contributed by atoms with van der Waals surface area (Å²) in [4.78, 5) is 35.5. The molecule has 1 heterocycles. The SMILES string of the molecule is COC(=O)c1cc(NC(=O)C=Cc2cnn(C)c2)cc(C(=O)OC)c1. The van der Waals surface area contributed by atoms with Gasteiger partial charge in [-0.2, -0.15) is 5.10 Å². The molecule has 130 valence electrons. The minimum absolute atomic E-state index is 0.122. The molecule has 8 nitrogen and oxygen atoms in total. The third kappa shape index (κ3) is 4.77. The van der Waals surface area contributed by atoms with Crippen LogP contribution in [0.1, 0.15) is 26.3 Å². The summed E-state index contributed by atoms with van der Waals surface area (Å²) >= 11 is 0. The number of carbonyl (C=O) groups is 3. The van der Waals surface area contributed by atoms with Gasteiger partial charge in [-0.05, 0) is 24.3 Å². The second-order valence-electron chi connectivity index (χ2n) is 5.05. The van der Waals surface area contributed by atoms with E-state index in [-0.39, 0.29) is 16.8 Å². The Labute approximate surface area is 144 Å². The molecule has 0 fully saturated rings. The Bertz CT molecular complexity index is 804. The van der Waals surface area contributed by atoms with Crippen LogP contribution in [0, 0.1) is 0 Å². The number of benzene rings is 1. The summed E-state index contributed by atoms with van der Waals surface area (Å²) in [6.07, 6.45) is 6.27. The minimum atomic E-state index is -0.632. The maximum atomic E-state index is 12.0. The van der Waals surface area contributed by atoms with Crippen LogP contribution in [0.2, 0.25) is 0 Å². The van der Waals surface area contributed by atoms with Crippen molar-refractivity contribution in [1.82, 2.24) is 9.78 Å². The van der Waals surface area contributed by atoms with Crippen LogP contribution in [-0.2, 0) is 21.3 Å². The second-order valence-corrected chi connectivity index (χ2v) is 5.05. The number of nitrogens with one attached hydrogen (secondary N) is 1. The van der Waals surface area contributed by atoms with Gasteiger partial charge in [-0.25, -0.2) is 9.59 Å². The van der Waals surface area contributed by atoms with E-state index < -0.39 is 17.8 Å². The van der Waals surface area contributed by atoms with Crippen molar-refractivity contribution in [3.63, 3.8) is 0 Å². The first-order valence-corrected chi connectivity index (χ1v) is 7.22. The number of methoxy groups -OCH3 is 2. The molecule has 2 aromatic rings. The monoisotopic (exact) mass is 343 g/mol. The third-order valence-electron chi connectivity index (χ3n) is 3.19. The molecular formula is C17H17N3O5. The number of aryl methyl sites for hydroxylation is 1. The van der Waals surface area contributed by atoms with Gasteiger partial charge in [0.15, 0.2) is 0 Å². The number of esters is 2. The number of hydrogen-bond donors (Lipinski definition) is 1. The van der Waals surface area contributed by atoms with Gasteiger partial charge in [-0.1, -0.05) is 0 Å². The summed E-state index contributed by atoms with van der Waals surface area (Å²) in [5.41, 5.74) is 1.27. The molecular weight excluding hydrogens is 326 g/mol. The average Bonchev–Trinajstić information content (AvgIpc) is 3.03. The molecule has 2 rings (SSSR count). The highest BCUT2D eigenvalue weighted by atomic mass is 16.5. The quantitative estimate of drug-likeness (QED) is 0.654. The van der Waals surface area contributed by atoms with Crippen molar-refractivity contribution in [3.8, 4) is 0 Å². The molecule has 1 aromatic heterocycles. The lowest BCUT2D eigenvalue weighted by molar-refractivity contribution is -0.111. The Hall–Kier alpha value is -3.42. The Kier molecular flexibility index (Phi) is 5.67. The first-order valence-electron chi connectivity index (χ1n) is 7.22. The maximum absolute atomic E-state index is 12.0. The molecule has 0 bridgehead atoms. The first-order chi connectivity index (χ1) is 11.9. The zero-order valence-corrected chi connectivity index (χ0v) is 14.0. The third-order valence-corrected chi connectivity index (χ3v) is 3.19. The smallest absolute Gasteiger partial charge is 0.337 e. The number of amides is 1. The molecule has 1 N–H and O–H groups in total. The number of nitrogens with zero attached hydrogens (tertiary/aromatic N) is 2. The number of rotatable bonds is 5. The second kappa shape index (κ2) is 7.91. The van der Waals surface area contributed by atoms with Gasteiger partial charge in [0, 0.05) is 30.6 Å². The zero-order valence-electron chi connectivity index (χ0n) is 14.0. The van der Waals surface area contributed by atoms with E-state index in [4.69, 9.17) is 0 Å². The van der Waals surface area contributed by atoms with Crippen LogP contribution < -0.4 is 5.32 Å². The van der Waals surface area contributed by atoms with Crippen LogP contribution >= 0.6 is 0 Å². The van der Waals surface area contributed by atoms with Crippen LogP contribution in [0.4, 0.5) is 5.69 Å². The van der Waals surface area contributed by atoms with Gasteiger partial charge in [0.2, 0.25) is 5.91 Å². The van der Waals surface area contributed by atoms with Crippen molar-refractivity contribution in [3.05, 3.63) is 53.4 Å². The Morgan fingerprint density at radius 3 is 2.16 bits per heavy atom. The van der Waals surface area contributed by atoms with Gasteiger partial charge >= 0.3 is 11.9 Å². The number of aromatic nitrogens is 2. The van der Waals surface area contributed by atoms with Crippen LogP contribution in [0.25, 0.3) is 6.08 Å². The molecule has 0 radical (unpaired) electrons. The summed E-state index contributed by atoms with van der Waals surface area (Å²) in [6, 6.07) is 4.15. The lowest BCUT2D eigenvalue weighted by Gasteiger charge is -2.08. The van der Waals surface area contributed by atoms with E-state index in [9.17, 15) is 14.4 Å². The normalized spacial score (nSPS) is 10.5. The highest BCUT2D eigenvalue weighted by molar-refractivity contribution is 6.04. The summed E-state index contributed by atoms with van der Waals surface area (Å²) in [7, 11) is 4.22. The average molecular weight is 343 g/mol. The lowest BCUT2D eigenvalue weighted by Crippen LogP contribution is -2.12. The fraction of sp³-hybridized carbons (Fsp3) is 0.176. The number of ether oxygens (including phenoxy) is 2. The molecule has 0 aliphatic rings. The van der Waals surface area contributed by atoms with E-state index in [0.717, 1.165) is 5.56 Å². The predicted octanol–water partition coefficient (Wildman–Crippen LogP) is 1.65. The topological polar surface area (TPSA) is 99.5 Å². The first kappa shape index (κ1) is 17.9. The van der Waals surface area contributed by atoms with Crippen LogP contribution in [0.15, 0.2) is 36.7 Å². The van der Waals surface area contributed by atoms with Gasteiger partial charge in [0.25, 0.3) is 0 Å². The molecule has 0 aliphatic carbocycles. The summed E-state index contributed by atoms with van der Waals surface area (Å²) in [5, 5.41) is 6.58. The van der Waals surface area contributed by atoms with Crippen molar-refractivity contribution in [2.45, 2.75) is 0 Å². The molecule has 0 aliphatic heterocycles. The van der Waals surface area contributed by atoms with Gasteiger partial charge in [0.05, 0.1) is 31.5 Å². The van der Waals surface area contributed by atoms with Crippen LogP contribution in [0.5, 0.6) is 0 Å². The van der Waals surface area contributed by atoms with Crippen molar-refractivity contribution < 1.29 is 23.9 Å². The largest absolute Gasteiger partial charge is 0.465 e. The van der Waals surface area contributed by atoms with E-state index in [1.54, 1.807) is 30.2 Å². The number of hydrogen-bond acceptors (Lipinski definition) is 6. The highest BCUT2D eigenvalue weighted by Crippen LogP contribution is 2.17. The standard InChI is InChI=1S/C17H17N3O5/c1-20-10-11(9-18-20)4-5-15(21)19-14-7-12(16(22)24-2)6-13(8-14)17(23)25-3/h4-10H,1-3H3,(H,19,21). The molecule has 1 aromatic carbocycles. The molecule has 0 unspecified atom stereocenters. The number of carbonyl (C=O) groups excluding carboxylic acids is 3. The van der Waals surface area contributed by atoms with E-state index in [1.165, 1.54) is 38.5 Å². The summed E-state index contributed by atoms with van der Waals surface area (Å²) < 4.78 is 10.9. The van der Waals surface area contributed by atoms with Gasteiger partial charge in [-0.15, -0.1) is 0 Å². The van der Waals surface area contributed by atoms with Crippen LogP contribution in [0.3, 0.4) is 0 Å². The predicted molar refractivity (Wildman–Crippen MR) is 90.0 cm³/mol. The molecule has 0 saturated heterocycles. The van der Waals surface area contributed by atoms with E-state index in [2.05, 4.69) is 19.9 Å². The molecule has 0 spiro atoms. The minimum Gasteiger partial charge on any atom is -0.465 e. The van der Waals surface area contributed by atoms with Gasteiger partial charge in [-0.3, -0.25) is 9.48 Å². The lowest BCUT2D eigenvalue weighted by atomic mass is 10.1. The summed E-state index contributed by atoms with van der Waals surface area (Å²) in [6.45, 7) is 0. The zero-order chi connectivity index (χ0) is 18.4. The van der Waals surface area contributed by atoms with Gasteiger partial charge < -0.3 is 14.8 Å². The molecule has 0 atom stereocenters. The van der Waals surface area contributed by atoms with Crippen molar-refractivity contribution in [2.24, 2.45) is 7.05 Å². The van der Waals surface area contributed by atoms with E-state index in [1.807, 2.05) is 0 Å². The molecule has 1 amide bonds. The molecule has 0 saturated carbocycles. The van der Waals surface area contributed by atoms with Crippen molar-refractivity contribution >= 4 is 29.6 Å². The van der Waals surface area contributed by atoms with Gasteiger partial charge in [0.1, 0.15) is 0 Å². The molecule has 25 heavy (non-hydrogen) atoms. The highest BCUT2D eigenvalue weighted by Gasteiger charge is 2.14. The Balaban J connectivity index is 2.22. The number of anilines is 1. The van der Waals surface area contributed by atoms with Crippen molar-refractivity contribution in [2.75, 3.05) is 19.5 Å². The van der Waals surface area contributed by atoms with E-state index >= 15 is 0 Å². The molecule has 8 heteroatoms. The maximum Gasteiger partial charge on any atom is 0.337 e. The Morgan fingerprint density at radius 2 is 1.68 bits per heavy atom. The Morgan fingerprint density at radius 1 is 1.08 bits per heavy atom. The van der Waals surface area contributed by atoms with Crippen LogP contribution in [-0.4, -0.2) is 41.8 Å².